The molecular formula is C17H17N5O4S. The molecule has 0 aliphatic heterocycles. The van der Waals surface area contributed by atoms with Crippen LogP contribution in [-0.4, -0.2) is 30.5 Å². The van der Waals surface area contributed by atoms with Gasteiger partial charge in [-0.05, 0) is 36.8 Å². The molecule has 140 valence electrons. The molecular weight excluding hydrogens is 370 g/mol. The van der Waals surface area contributed by atoms with Crippen LogP contribution in [0.4, 0.5) is 11.6 Å². The van der Waals surface area contributed by atoms with E-state index >= 15 is 0 Å². The first-order valence-electron chi connectivity index (χ1n) is 7.87. The van der Waals surface area contributed by atoms with Crippen LogP contribution >= 0.6 is 0 Å². The lowest BCUT2D eigenvalue weighted by Crippen LogP contribution is -2.31. The number of hydrazine groups is 1. The summed E-state index contributed by atoms with van der Waals surface area (Å²) < 4.78 is 25.2. The number of para-hydroxylation sites is 1. The van der Waals surface area contributed by atoms with Gasteiger partial charge in [-0.3, -0.25) is 30.1 Å². The molecule has 0 spiro atoms. The minimum atomic E-state index is -3.47. The average Bonchev–Trinajstić information content (AvgIpc) is 2.60. The van der Waals surface area contributed by atoms with Crippen molar-refractivity contribution in [3.05, 3.63) is 63.9 Å². The smallest absolute Gasteiger partial charge is 0.269 e. The summed E-state index contributed by atoms with van der Waals surface area (Å²) in [6.07, 6.45) is 1.03. The molecule has 27 heavy (non-hydrogen) atoms. The van der Waals surface area contributed by atoms with E-state index in [0.717, 1.165) is 6.26 Å². The zero-order valence-electron chi connectivity index (χ0n) is 14.5. The highest BCUT2D eigenvalue weighted by atomic mass is 32.2. The lowest BCUT2D eigenvalue weighted by Gasteiger charge is -2.11. The number of aryl methyl sites for hydroxylation is 1. The molecule has 0 bridgehead atoms. The molecule has 1 heterocycles. The lowest BCUT2D eigenvalue weighted by molar-refractivity contribution is 0.0962. The minimum absolute atomic E-state index is 0.0775. The van der Waals surface area contributed by atoms with Crippen molar-refractivity contribution in [2.45, 2.75) is 6.92 Å². The van der Waals surface area contributed by atoms with E-state index in [2.05, 4.69) is 25.5 Å². The fraction of sp³-hybridized carbons (Fsp3) is 0.118. The van der Waals surface area contributed by atoms with Gasteiger partial charge in [0.15, 0.2) is 0 Å². The molecule has 0 aliphatic carbocycles. The number of amides is 1. The van der Waals surface area contributed by atoms with Crippen LogP contribution in [0.15, 0.2) is 47.3 Å². The molecule has 0 radical (unpaired) electrons. The predicted octanol–water partition coefficient (Wildman–Crippen LogP) is 1.36. The summed E-state index contributed by atoms with van der Waals surface area (Å²) in [4.78, 5) is 31.1. The maximum absolute atomic E-state index is 12.3. The zero-order chi connectivity index (χ0) is 19.6. The summed E-state index contributed by atoms with van der Waals surface area (Å²) in [6.45, 7) is 1.72. The number of aromatic amines is 1. The highest BCUT2D eigenvalue weighted by molar-refractivity contribution is 7.92. The third kappa shape index (κ3) is 4.42. The van der Waals surface area contributed by atoms with Crippen LogP contribution in [0.25, 0.3) is 10.9 Å². The summed E-state index contributed by atoms with van der Waals surface area (Å²) in [6, 6.07) is 11.4. The lowest BCUT2D eigenvalue weighted by atomic mass is 10.1. The molecule has 0 fully saturated rings. The van der Waals surface area contributed by atoms with E-state index in [1.165, 1.54) is 6.07 Å². The molecule has 10 heteroatoms. The van der Waals surface area contributed by atoms with E-state index < -0.39 is 15.9 Å². The van der Waals surface area contributed by atoms with Crippen LogP contribution in [0.5, 0.6) is 0 Å². The number of H-pyrrole nitrogens is 1. The Kier molecular flexibility index (Phi) is 4.82. The van der Waals surface area contributed by atoms with Crippen LogP contribution in [0.3, 0.4) is 0 Å². The first kappa shape index (κ1) is 18.4. The molecule has 2 aromatic carbocycles. The van der Waals surface area contributed by atoms with Crippen LogP contribution in [0.2, 0.25) is 0 Å². The fourth-order valence-corrected chi connectivity index (χ4v) is 3.03. The Morgan fingerprint density at radius 3 is 2.63 bits per heavy atom. The molecule has 3 rings (SSSR count). The Balaban J connectivity index is 1.78. The number of sulfonamides is 1. The van der Waals surface area contributed by atoms with Crippen molar-refractivity contribution in [2.75, 3.05) is 16.4 Å². The number of fused-ring (bicyclic) bond motifs is 1. The van der Waals surface area contributed by atoms with Gasteiger partial charge < -0.3 is 0 Å². The Labute approximate surface area is 154 Å². The third-order valence-corrected chi connectivity index (χ3v) is 4.29. The summed E-state index contributed by atoms with van der Waals surface area (Å²) in [7, 11) is -3.47. The summed E-state index contributed by atoms with van der Waals surface area (Å²) in [5.74, 6) is -0.448. The molecule has 0 unspecified atom stereocenters. The zero-order valence-corrected chi connectivity index (χ0v) is 15.3. The number of nitrogens with one attached hydrogen (secondary N) is 4. The minimum Gasteiger partial charge on any atom is -0.291 e. The van der Waals surface area contributed by atoms with Crippen molar-refractivity contribution in [2.24, 2.45) is 0 Å². The standard InChI is InChI=1S/C17H17N5O4S/c1-10-7-8-11(9-14(10)22-27(2,25)26)15(23)20-21-17-18-13-6-4-3-5-12(13)16(24)19-17/h3-9,22H,1-2H3,(H,20,23)(H2,18,19,21,24). The molecule has 0 saturated carbocycles. The topological polar surface area (TPSA) is 133 Å². The van der Waals surface area contributed by atoms with E-state index in [0.29, 0.717) is 22.2 Å². The number of rotatable bonds is 5. The first-order valence-corrected chi connectivity index (χ1v) is 9.76. The van der Waals surface area contributed by atoms with Gasteiger partial charge in [0.1, 0.15) is 0 Å². The highest BCUT2D eigenvalue weighted by Gasteiger charge is 2.11. The second-order valence-corrected chi connectivity index (χ2v) is 7.66. The molecule has 1 amide bonds. The summed E-state index contributed by atoms with van der Waals surface area (Å²) in [5.41, 5.74) is 6.31. The largest absolute Gasteiger partial charge is 0.291 e. The number of anilines is 2. The van der Waals surface area contributed by atoms with Gasteiger partial charge >= 0.3 is 0 Å². The van der Waals surface area contributed by atoms with E-state index in [4.69, 9.17) is 0 Å². The Morgan fingerprint density at radius 1 is 1.15 bits per heavy atom. The summed E-state index contributed by atoms with van der Waals surface area (Å²) in [5, 5.41) is 0.435. The quantitative estimate of drug-likeness (QED) is 0.489. The molecule has 0 saturated heterocycles. The average molecular weight is 387 g/mol. The van der Waals surface area contributed by atoms with Crippen LogP contribution < -0.4 is 21.1 Å². The van der Waals surface area contributed by atoms with Gasteiger partial charge in [0.25, 0.3) is 11.5 Å². The Morgan fingerprint density at radius 2 is 1.89 bits per heavy atom. The van der Waals surface area contributed by atoms with Crippen LogP contribution in [0, 0.1) is 6.92 Å². The highest BCUT2D eigenvalue weighted by Crippen LogP contribution is 2.18. The number of carbonyl (C=O) groups excluding carboxylic acids is 1. The van der Waals surface area contributed by atoms with Crippen LogP contribution in [-0.2, 0) is 10.0 Å². The SMILES string of the molecule is Cc1ccc(C(=O)NNc2nc3ccccc3c(=O)[nH]2)cc1NS(C)(=O)=O. The van der Waals surface area contributed by atoms with Crippen molar-refractivity contribution in [3.8, 4) is 0 Å². The van der Waals surface area contributed by atoms with Gasteiger partial charge in [0, 0.05) is 5.56 Å². The van der Waals surface area contributed by atoms with Gasteiger partial charge in [-0.1, -0.05) is 18.2 Å². The number of carbonyl (C=O) groups is 1. The molecule has 4 N–H and O–H groups in total. The number of benzene rings is 2. The first-order chi connectivity index (χ1) is 12.7. The Hall–Kier alpha value is -3.40. The van der Waals surface area contributed by atoms with Crippen molar-refractivity contribution >= 4 is 38.5 Å². The monoisotopic (exact) mass is 387 g/mol. The maximum Gasteiger partial charge on any atom is 0.269 e. The third-order valence-electron chi connectivity index (χ3n) is 3.70. The van der Waals surface area contributed by atoms with Crippen molar-refractivity contribution < 1.29 is 13.2 Å². The molecule has 0 aliphatic rings. The van der Waals surface area contributed by atoms with E-state index in [1.54, 1.807) is 43.3 Å². The number of hydrogen-bond donors (Lipinski definition) is 4. The van der Waals surface area contributed by atoms with Gasteiger partial charge in [-0.15, -0.1) is 0 Å². The Bertz CT molecular complexity index is 1190. The summed E-state index contributed by atoms with van der Waals surface area (Å²) >= 11 is 0. The second kappa shape index (κ2) is 7.08. The second-order valence-electron chi connectivity index (χ2n) is 5.91. The van der Waals surface area contributed by atoms with Crippen LogP contribution in [0.1, 0.15) is 15.9 Å². The van der Waals surface area contributed by atoms with Gasteiger partial charge in [-0.25, -0.2) is 13.4 Å². The van der Waals surface area contributed by atoms with E-state index in [9.17, 15) is 18.0 Å². The van der Waals surface area contributed by atoms with E-state index in [-0.39, 0.29) is 17.1 Å². The molecule has 3 aromatic rings. The predicted molar refractivity (Wildman–Crippen MR) is 103 cm³/mol. The van der Waals surface area contributed by atoms with Crippen molar-refractivity contribution in [3.63, 3.8) is 0 Å². The molecule has 9 nitrogen and oxygen atoms in total. The number of nitrogens with zero attached hydrogens (tertiary/aromatic N) is 1. The fourth-order valence-electron chi connectivity index (χ4n) is 2.41. The van der Waals surface area contributed by atoms with Crippen molar-refractivity contribution in [1.29, 1.82) is 0 Å². The van der Waals surface area contributed by atoms with Gasteiger partial charge in [-0.2, -0.15) is 0 Å². The van der Waals surface area contributed by atoms with Crippen molar-refractivity contribution in [1.82, 2.24) is 15.4 Å². The van der Waals surface area contributed by atoms with Gasteiger partial charge in [0.05, 0.1) is 22.8 Å². The molecule has 1 aromatic heterocycles. The van der Waals surface area contributed by atoms with E-state index in [1.807, 2.05) is 0 Å². The van der Waals surface area contributed by atoms with Gasteiger partial charge in [0.2, 0.25) is 16.0 Å². The maximum atomic E-state index is 12.3. The number of hydrogen-bond acceptors (Lipinski definition) is 6. The number of aromatic nitrogens is 2. The molecule has 0 atom stereocenters. The normalized spacial score (nSPS) is 11.2.